The fourth-order valence-electron chi connectivity index (χ4n) is 3.71. The number of nitrogens with zero attached hydrogens (tertiary/aromatic N) is 1. The summed E-state index contributed by atoms with van der Waals surface area (Å²) in [5.74, 6) is -0.0285. The normalized spacial score (nSPS) is 17.2. The van der Waals surface area contributed by atoms with Gasteiger partial charge >= 0.3 is 5.97 Å². The second-order valence-corrected chi connectivity index (χ2v) is 6.53. The first kappa shape index (κ1) is 18.0. The van der Waals surface area contributed by atoms with Crippen molar-refractivity contribution < 1.29 is 23.7 Å². The highest BCUT2D eigenvalue weighted by atomic mass is 16.7. The van der Waals surface area contributed by atoms with E-state index in [1.165, 1.54) is 7.11 Å². The van der Waals surface area contributed by atoms with Crippen molar-refractivity contribution in [1.82, 2.24) is 4.57 Å². The lowest BCUT2D eigenvalue weighted by atomic mass is 9.83. The van der Waals surface area contributed by atoms with Crippen LogP contribution in [0, 0.1) is 6.92 Å². The Morgan fingerprint density at radius 1 is 1.25 bits per heavy atom. The zero-order chi connectivity index (χ0) is 20.0. The van der Waals surface area contributed by atoms with Crippen molar-refractivity contribution in [2.75, 3.05) is 13.9 Å². The maximum Gasteiger partial charge on any atom is 0.340 e. The third-order valence-corrected chi connectivity index (χ3v) is 5.02. The molecule has 0 fully saturated rings. The fraction of sp³-hybridized carbons (Fsp3) is 0.300. The lowest BCUT2D eigenvalue weighted by molar-refractivity contribution is -0.136. The molecule has 2 aliphatic heterocycles. The van der Waals surface area contributed by atoms with Gasteiger partial charge in [-0.2, -0.15) is 0 Å². The van der Waals surface area contributed by atoms with Gasteiger partial charge in [-0.25, -0.2) is 4.79 Å². The molecule has 146 valence electrons. The number of aryl methyl sites for hydroxylation is 1. The monoisotopic (exact) mass is 384 g/mol. The van der Waals surface area contributed by atoms with Crippen LogP contribution >= 0.6 is 0 Å². The Kier molecular flexibility index (Phi) is 4.26. The molecule has 0 radical (unpaired) electrons. The van der Waals surface area contributed by atoms with E-state index in [9.17, 15) is 9.59 Å². The third kappa shape index (κ3) is 2.60. The molecule has 2 N–H and O–H groups in total. The van der Waals surface area contributed by atoms with E-state index in [4.69, 9.17) is 24.7 Å². The fourth-order valence-corrected chi connectivity index (χ4v) is 3.71. The maximum atomic E-state index is 13.3. The Labute approximate surface area is 161 Å². The molecule has 0 saturated carbocycles. The van der Waals surface area contributed by atoms with Crippen molar-refractivity contribution in [3.8, 4) is 17.2 Å². The minimum Gasteiger partial charge on any atom is -0.465 e. The molecular weight excluding hydrogens is 364 g/mol. The number of pyridine rings is 1. The first-order valence-electron chi connectivity index (χ1n) is 8.86. The predicted molar refractivity (Wildman–Crippen MR) is 99.4 cm³/mol. The van der Waals surface area contributed by atoms with Gasteiger partial charge in [-0.05, 0) is 31.5 Å². The summed E-state index contributed by atoms with van der Waals surface area (Å²) in [5.41, 5.74) is 7.64. The summed E-state index contributed by atoms with van der Waals surface area (Å²) in [6.07, 6.45) is 0. The summed E-state index contributed by atoms with van der Waals surface area (Å²) < 4.78 is 23.0. The number of hydrogen-bond acceptors (Lipinski definition) is 7. The zero-order valence-electron chi connectivity index (χ0n) is 15.8. The van der Waals surface area contributed by atoms with Gasteiger partial charge < -0.3 is 29.2 Å². The Bertz CT molecular complexity index is 1070. The smallest absolute Gasteiger partial charge is 0.340 e. The lowest BCUT2D eigenvalue weighted by Gasteiger charge is -2.28. The molecule has 1 atom stereocenters. The van der Waals surface area contributed by atoms with Crippen molar-refractivity contribution in [2.24, 2.45) is 5.73 Å². The molecule has 2 aliphatic rings. The standard InChI is InChI=1S/C20H20N2O6/c1-4-22-10(2)7-14-16(19(22)23)15(17(18(21)28-14)20(24)25-3)11-5-6-12-13(8-11)27-9-26-12/h5-8,15H,4,9,21H2,1-3H3. The van der Waals surface area contributed by atoms with Gasteiger partial charge in [-0.1, -0.05) is 6.07 Å². The molecular formula is C20H20N2O6. The number of nitrogens with two attached hydrogens (primary N) is 1. The average Bonchev–Trinajstić information content (AvgIpc) is 3.14. The highest BCUT2D eigenvalue weighted by Crippen LogP contribution is 2.44. The highest BCUT2D eigenvalue weighted by molar-refractivity contribution is 5.92. The van der Waals surface area contributed by atoms with Gasteiger partial charge in [-0.3, -0.25) is 4.79 Å². The number of fused-ring (bicyclic) bond motifs is 2. The van der Waals surface area contributed by atoms with Crippen LogP contribution in [0.2, 0.25) is 0 Å². The first-order valence-corrected chi connectivity index (χ1v) is 8.86. The summed E-state index contributed by atoms with van der Waals surface area (Å²) in [4.78, 5) is 25.8. The largest absolute Gasteiger partial charge is 0.465 e. The Morgan fingerprint density at radius 3 is 2.71 bits per heavy atom. The second-order valence-electron chi connectivity index (χ2n) is 6.53. The van der Waals surface area contributed by atoms with Crippen LogP contribution < -0.4 is 25.5 Å². The van der Waals surface area contributed by atoms with Crippen molar-refractivity contribution in [3.05, 3.63) is 62.9 Å². The number of benzene rings is 1. The highest BCUT2D eigenvalue weighted by Gasteiger charge is 2.38. The van der Waals surface area contributed by atoms with Gasteiger partial charge in [0.1, 0.15) is 11.3 Å². The van der Waals surface area contributed by atoms with Crippen LogP contribution in [0.1, 0.15) is 29.7 Å². The summed E-state index contributed by atoms with van der Waals surface area (Å²) in [7, 11) is 1.26. The van der Waals surface area contributed by atoms with Gasteiger partial charge in [0, 0.05) is 18.3 Å². The Morgan fingerprint density at radius 2 is 2.00 bits per heavy atom. The number of carbonyl (C=O) groups excluding carboxylic acids is 1. The molecule has 0 aliphatic carbocycles. The van der Waals surface area contributed by atoms with Crippen molar-refractivity contribution in [2.45, 2.75) is 26.3 Å². The van der Waals surface area contributed by atoms with E-state index in [2.05, 4.69) is 0 Å². The van der Waals surface area contributed by atoms with Crippen LogP contribution in [0.3, 0.4) is 0 Å². The molecule has 8 heteroatoms. The van der Waals surface area contributed by atoms with E-state index in [0.29, 0.717) is 34.9 Å². The van der Waals surface area contributed by atoms with Crippen LogP contribution in [0.5, 0.6) is 17.2 Å². The summed E-state index contributed by atoms with van der Waals surface area (Å²) in [6.45, 7) is 4.30. The molecule has 4 rings (SSSR count). The molecule has 0 saturated heterocycles. The zero-order valence-corrected chi connectivity index (χ0v) is 15.8. The van der Waals surface area contributed by atoms with Crippen LogP contribution in [0.4, 0.5) is 0 Å². The lowest BCUT2D eigenvalue weighted by Crippen LogP contribution is -2.34. The van der Waals surface area contributed by atoms with Crippen molar-refractivity contribution in [3.63, 3.8) is 0 Å². The Balaban J connectivity index is 2.00. The molecule has 8 nitrogen and oxygen atoms in total. The first-order chi connectivity index (χ1) is 13.5. The molecule has 3 heterocycles. The van der Waals surface area contributed by atoms with Gasteiger partial charge in [0.15, 0.2) is 11.5 Å². The third-order valence-electron chi connectivity index (χ3n) is 5.02. The maximum absolute atomic E-state index is 13.3. The minimum absolute atomic E-state index is 0.0810. The molecule has 28 heavy (non-hydrogen) atoms. The molecule has 0 bridgehead atoms. The molecule has 0 spiro atoms. The van der Waals surface area contributed by atoms with E-state index >= 15 is 0 Å². The van der Waals surface area contributed by atoms with Crippen LogP contribution in [-0.4, -0.2) is 24.4 Å². The molecule has 1 aromatic heterocycles. The van der Waals surface area contributed by atoms with E-state index in [1.54, 1.807) is 28.8 Å². The van der Waals surface area contributed by atoms with Gasteiger partial charge in [0.05, 0.1) is 18.6 Å². The van der Waals surface area contributed by atoms with Gasteiger partial charge in [0.2, 0.25) is 12.7 Å². The summed E-state index contributed by atoms with van der Waals surface area (Å²) >= 11 is 0. The quantitative estimate of drug-likeness (QED) is 0.805. The number of ether oxygens (including phenoxy) is 4. The van der Waals surface area contributed by atoms with E-state index in [-0.39, 0.29) is 23.8 Å². The van der Waals surface area contributed by atoms with Crippen molar-refractivity contribution in [1.29, 1.82) is 0 Å². The summed E-state index contributed by atoms with van der Waals surface area (Å²) in [5, 5.41) is 0. The number of methoxy groups -OCH3 is 1. The van der Waals surface area contributed by atoms with Gasteiger partial charge in [-0.15, -0.1) is 0 Å². The average molecular weight is 384 g/mol. The Hall–Kier alpha value is -3.42. The van der Waals surface area contributed by atoms with E-state index < -0.39 is 11.9 Å². The second kappa shape index (κ2) is 6.63. The number of carbonyl (C=O) groups is 1. The van der Waals surface area contributed by atoms with Crippen LogP contribution in [0.25, 0.3) is 0 Å². The molecule has 1 unspecified atom stereocenters. The number of rotatable bonds is 3. The van der Waals surface area contributed by atoms with Crippen molar-refractivity contribution >= 4 is 5.97 Å². The van der Waals surface area contributed by atoms with Crippen LogP contribution in [0.15, 0.2) is 40.5 Å². The van der Waals surface area contributed by atoms with Gasteiger partial charge in [0.25, 0.3) is 5.56 Å². The SMILES string of the molecule is CCn1c(C)cc2c(c1=O)C(c1ccc3c(c1)OCO3)C(C(=O)OC)=C(N)O2. The van der Waals surface area contributed by atoms with Crippen LogP contribution in [-0.2, 0) is 16.1 Å². The molecule has 2 aromatic rings. The molecule has 1 aromatic carbocycles. The topological polar surface area (TPSA) is 102 Å². The minimum atomic E-state index is -0.753. The van der Waals surface area contributed by atoms with E-state index in [1.807, 2.05) is 13.8 Å². The summed E-state index contributed by atoms with van der Waals surface area (Å²) in [6, 6.07) is 7.01. The van der Waals surface area contributed by atoms with E-state index in [0.717, 1.165) is 5.69 Å². The number of aromatic nitrogens is 1. The predicted octanol–water partition coefficient (Wildman–Crippen LogP) is 1.77. The molecule has 0 amide bonds. The number of hydrogen-bond donors (Lipinski definition) is 1. The number of esters is 1.